The Hall–Kier alpha value is -1.67. The molecule has 0 spiro atoms. The fraction of sp³-hybridized carbons (Fsp3) is 0.545. The SMILES string of the molecule is CN1CCCC1CNc1nccnc1C#N. The topological polar surface area (TPSA) is 64.8 Å². The number of anilines is 1. The monoisotopic (exact) mass is 217 g/mol. The van der Waals surface area contributed by atoms with Crippen LogP contribution in [0.2, 0.25) is 0 Å². The summed E-state index contributed by atoms with van der Waals surface area (Å²) < 4.78 is 0. The maximum Gasteiger partial charge on any atom is 0.182 e. The minimum absolute atomic E-state index is 0.364. The van der Waals surface area contributed by atoms with Gasteiger partial charge >= 0.3 is 0 Å². The number of rotatable bonds is 3. The van der Waals surface area contributed by atoms with Crippen LogP contribution in [-0.4, -0.2) is 41.0 Å². The van der Waals surface area contributed by atoms with Crippen LogP contribution in [0.25, 0.3) is 0 Å². The molecule has 1 aromatic rings. The molecular formula is C11H15N5. The van der Waals surface area contributed by atoms with E-state index in [0.717, 1.165) is 13.1 Å². The van der Waals surface area contributed by atoms with E-state index >= 15 is 0 Å². The van der Waals surface area contributed by atoms with Crippen LogP contribution in [0.15, 0.2) is 12.4 Å². The first-order valence-electron chi connectivity index (χ1n) is 5.46. The number of nitrogens with zero attached hydrogens (tertiary/aromatic N) is 4. The van der Waals surface area contributed by atoms with Crippen LogP contribution in [0, 0.1) is 11.3 Å². The van der Waals surface area contributed by atoms with Gasteiger partial charge in [-0.1, -0.05) is 0 Å². The van der Waals surface area contributed by atoms with Crippen LogP contribution in [-0.2, 0) is 0 Å². The molecule has 1 aliphatic rings. The van der Waals surface area contributed by atoms with Crippen molar-refractivity contribution in [3.63, 3.8) is 0 Å². The smallest absolute Gasteiger partial charge is 0.182 e. The van der Waals surface area contributed by atoms with Crippen molar-refractivity contribution in [2.45, 2.75) is 18.9 Å². The maximum absolute atomic E-state index is 8.86. The summed E-state index contributed by atoms with van der Waals surface area (Å²) in [5.74, 6) is 0.588. The predicted octanol–water partition coefficient (Wildman–Crippen LogP) is 0.854. The Bertz CT molecular complexity index is 398. The van der Waals surface area contributed by atoms with Crippen molar-refractivity contribution in [3.8, 4) is 6.07 Å². The summed E-state index contributed by atoms with van der Waals surface area (Å²) in [4.78, 5) is 10.4. The first kappa shape index (κ1) is 10.8. The second-order valence-corrected chi connectivity index (χ2v) is 4.02. The molecule has 2 heterocycles. The molecule has 1 saturated heterocycles. The Balaban J connectivity index is 1.97. The standard InChI is InChI=1S/C11H15N5/c1-16-6-2-3-9(16)8-15-11-10(7-12)13-4-5-14-11/h4-5,9H,2-3,6,8H2,1H3,(H,14,15). The van der Waals surface area contributed by atoms with Gasteiger partial charge in [-0.05, 0) is 26.4 Å². The van der Waals surface area contributed by atoms with Crippen molar-refractivity contribution in [2.75, 3.05) is 25.5 Å². The highest BCUT2D eigenvalue weighted by Gasteiger charge is 2.20. The van der Waals surface area contributed by atoms with Crippen molar-refractivity contribution in [2.24, 2.45) is 0 Å². The molecule has 1 atom stereocenters. The molecule has 1 N–H and O–H groups in total. The minimum Gasteiger partial charge on any atom is -0.366 e. The molecule has 1 fully saturated rings. The lowest BCUT2D eigenvalue weighted by Gasteiger charge is -2.19. The highest BCUT2D eigenvalue weighted by Crippen LogP contribution is 2.15. The van der Waals surface area contributed by atoms with E-state index in [0.29, 0.717) is 17.6 Å². The molecule has 5 nitrogen and oxygen atoms in total. The lowest BCUT2D eigenvalue weighted by molar-refractivity contribution is 0.322. The molecule has 1 aliphatic heterocycles. The number of likely N-dealkylation sites (N-methyl/N-ethyl adjacent to an activating group) is 1. The molecule has 84 valence electrons. The van der Waals surface area contributed by atoms with Gasteiger partial charge in [-0.2, -0.15) is 5.26 Å². The Labute approximate surface area is 95.1 Å². The van der Waals surface area contributed by atoms with E-state index in [4.69, 9.17) is 5.26 Å². The summed E-state index contributed by atoms with van der Waals surface area (Å²) in [6.07, 6.45) is 5.58. The minimum atomic E-state index is 0.364. The van der Waals surface area contributed by atoms with Crippen molar-refractivity contribution >= 4 is 5.82 Å². The fourth-order valence-corrected chi connectivity index (χ4v) is 2.00. The predicted molar refractivity (Wildman–Crippen MR) is 60.9 cm³/mol. The van der Waals surface area contributed by atoms with Gasteiger partial charge in [-0.3, -0.25) is 0 Å². The first-order chi connectivity index (χ1) is 7.81. The summed E-state index contributed by atoms with van der Waals surface area (Å²) in [6, 6.07) is 2.57. The van der Waals surface area contributed by atoms with Gasteiger partial charge in [0.2, 0.25) is 0 Å². The van der Waals surface area contributed by atoms with Crippen LogP contribution >= 0.6 is 0 Å². The van der Waals surface area contributed by atoms with E-state index in [2.05, 4.69) is 27.2 Å². The van der Waals surface area contributed by atoms with Gasteiger partial charge in [0.05, 0.1) is 0 Å². The van der Waals surface area contributed by atoms with Crippen molar-refractivity contribution in [1.82, 2.24) is 14.9 Å². The second kappa shape index (κ2) is 4.90. The van der Waals surface area contributed by atoms with Gasteiger partial charge in [0.15, 0.2) is 11.5 Å². The number of aromatic nitrogens is 2. The van der Waals surface area contributed by atoms with Gasteiger partial charge in [0.25, 0.3) is 0 Å². The van der Waals surface area contributed by atoms with E-state index in [-0.39, 0.29) is 0 Å². The maximum atomic E-state index is 8.86. The third-order valence-electron chi connectivity index (χ3n) is 2.98. The zero-order chi connectivity index (χ0) is 11.4. The molecule has 16 heavy (non-hydrogen) atoms. The number of nitriles is 1. The average Bonchev–Trinajstić information content (AvgIpc) is 2.72. The van der Waals surface area contributed by atoms with Crippen LogP contribution in [0.5, 0.6) is 0 Å². The number of hydrogen-bond donors (Lipinski definition) is 1. The molecular weight excluding hydrogens is 202 g/mol. The van der Waals surface area contributed by atoms with Gasteiger partial charge in [0.1, 0.15) is 6.07 Å². The molecule has 5 heteroatoms. The third-order valence-corrected chi connectivity index (χ3v) is 2.98. The molecule has 2 rings (SSSR count). The number of hydrogen-bond acceptors (Lipinski definition) is 5. The number of nitrogens with one attached hydrogen (secondary N) is 1. The van der Waals surface area contributed by atoms with E-state index in [1.807, 2.05) is 6.07 Å². The third kappa shape index (κ3) is 2.28. The molecule has 0 amide bonds. The summed E-state index contributed by atoms with van der Waals surface area (Å²) in [7, 11) is 2.13. The van der Waals surface area contributed by atoms with Gasteiger partial charge in [-0.25, -0.2) is 9.97 Å². The van der Waals surface area contributed by atoms with Crippen molar-refractivity contribution in [3.05, 3.63) is 18.1 Å². The largest absolute Gasteiger partial charge is 0.366 e. The molecule has 0 aromatic carbocycles. The second-order valence-electron chi connectivity index (χ2n) is 4.02. The molecule has 0 aliphatic carbocycles. The van der Waals surface area contributed by atoms with Gasteiger partial charge < -0.3 is 10.2 Å². The summed E-state index contributed by atoms with van der Waals surface area (Å²) in [5, 5.41) is 12.1. The number of likely N-dealkylation sites (tertiary alicyclic amines) is 1. The Morgan fingerprint density at radius 1 is 1.56 bits per heavy atom. The zero-order valence-corrected chi connectivity index (χ0v) is 9.35. The van der Waals surface area contributed by atoms with Crippen molar-refractivity contribution < 1.29 is 0 Å². The lowest BCUT2D eigenvalue weighted by atomic mass is 10.2. The van der Waals surface area contributed by atoms with Gasteiger partial charge in [0, 0.05) is 25.0 Å². The van der Waals surface area contributed by atoms with Crippen LogP contribution in [0.4, 0.5) is 5.82 Å². The molecule has 1 aromatic heterocycles. The van der Waals surface area contributed by atoms with E-state index in [9.17, 15) is 0 Å². The lowest BCUT2D eigenvalue weighted by Crippen LogP contribution is -2.31. The molecule has 1 unspecified atom stereocenters. The highest BCUT2D eigenvalue weighted by atomic mass is 15.2. The van der Waals surface area contributed by atoms with Crippen LogP contribution in [0.3, 0.4) is 0 Å². The summed E-state index contributed by atoms with van der Waals surface area (Å²) in [6.45, 7) is 1.97. The molecule has 0 saturated carbocycles. The van der Waals surface area contributed by atoms with Crippen LogP contribution < -0.4 is 5.32 Å². The Kier molecular flexibility index (Phi) is 3.32. The normalized spacial score (nSPS) is 20.6. The Morgan fingerprint density at radius 3 is 3.06 bits per heavy atom. The summed E-state index contributed by atoms with van der Waals surface area (Å²) in [5.41, 5.74) is 0.364. The molecule has 0 radical (unpaired) electrons. The first-order valence-corrected chi connectivity index (χ1v) is 5.46. The van der Waals surface area contributed by atoms with Gasteiger partial charge in [-0.15, -0.1) is 0 Å². The van der Waals surface area contributed by atoms with E-state index in [1.54, 1.807) is 6.20 Å². The zero-order valence-electron chi connectivity index (χ0n) is 9.35. The quantitative estimate of drug-likeness (QED) is 0.813. The van der Waals surface area contributed by atoms with Crippen molar-refractivity contribution in [1.29, 1.82) is 5.26 Å². The van der Waals surface area contributed by atoms with E-state index in [1.165, 1.54) is 19.0 Å². The average molecular weight is 217 g/mol. The van der Waals surface area contributed by atoms with E-state index < -0.39 is 0 Å². The highest BCUT2D eigenvalue weighted by molar-refractivity contribution is 5.46. The Morgan fingerprint density at radius 2 is 2.38 bits per heavy atom. The summed E-state index contributed by atoms with van der Waals surface area (Å²) >= 11 is 0. The fourth-order valence-electron chi connectivity index (χ4n) is 2.00. The molecule has 0 bridgehead atoms. The van der Waals surface area contributed by atoms with Crippen LogP contribution in [0.1, 0.15) is 18.5 Å².